The Morgan fingerprint density at radius 3 is 2.41 bits per heavy atom. The van der Waals surface area contributed by atoms with Crippen LogP contribution in [0.1, 0.15) is 13.8 Å². The zero-order valence-electron chi connectivity index (χ0n) is 10.6. The van der Waals surface area contributed by atoms with Crippen molar-refractivity contribution in [3.8, 4) is 5.75 Å². The van der Waals surface area contributed by atoms with Crippen LogP contribution in [0.5, 0.6) is 5.75 Å². The van der Waals surface area contributed by atoms with Gasteiger partial charge in [0.2, 0.25) is 0 Å². The first kappa shape index (κ1) is 14.3. The van der Waals surface area contributed by atoms with Gasteiger partial charge in [-0.3, -0.25) is 0 Å². The summed E-state index contributed by atoms with van der Waals surface area (Å²) < 4.78 is 5.56. The largest absolute Gasteiger partial charge is 0.492 e. The van der Waals surface area contributed by atoms with Gasteiger partial charge in [-0.15, -0.1) is 0 Å². The van der Waals surface area contributed by atoms with E-state index in [1.807, 2.05) is 24.1 Å². The van der Waals surface area contributed by atoms with Gasteiger partial charge in [0.25, 0.3) is 0 Å². The molecule has 0 saturated heterocycles. The molecule has 0 aliphatic rings. The molecule has 0 heterocycles. The fourth-order valence-corrected chi connectivity index (χ4v) is 1.72. The predicted molar refractivity (Wildman–Crippen MR) is 70.7 cm³/mol. The van der Waals surface area contributed by atoms with E-state index in [1.54, 1.807) is 26.0 Å². The quantitative estimate of drug-likeness (QED) is 0.850. The fraction of sp³-hybridized carbons (Fsp3) is 0.538. The van der Waals surface area contributed by atoms with E-state index in [9.17, 15) is 5.11 Å². The first-order chi connectivity index (χ1) is 7.87. The van der Waals surface area contributed by atoms with E-state index in [2.05, 4.69) is 0 Å². The highest BCUT2D eigenvalue weighted by Crippen LogP contribution is 2.15. The van der Waals surface area contributed by atoms with Crippen LogP contribution in [0.3, 0.4) is 0 Å². The van der Waals surface area contributed by atoms with E-state index in [-0.39, 0.29) is 0 Å². The summed E-state index contributed by atoms with van der Waals surface area (Å²) in [5, 5.41) is 10.3. The number of hydrogen-bond donors (Lipinski definition) is 1. The normalized spacial score (nSPS) is 11.9. The molecule has 0 amide bonds. The molecule has 0 saturated carbocycles. The summed E-state index contributed by atoms with van der Waals surface area (Å²) in [7, 11) is 1.96. The van der Waals surface area contributed by atoms with Crippen LogP contribution in [0, 0.1) is 0 Å². The molecule has 0 radical (unpaired) electrons. The summed E-state index contributed by atoms with van der Waals surface area (Å²) in [5.41, 5.74) is -0.672. The number of aliphatic hydroxyl groups is 1. The van der Waals surface area contributed by atoms with Crippen LogP contribution in [0.15, 0.2) is 24.3 Å². The Balaban J connectivity index is 2.26. The number of rotatable bonds is 6. The van der Waals surface area contributed by atoms with Crippen LogP contribution in [0.2, 0.25) is 5.02 Å². The molecule has 0 unspecified atom stereocenters. The van der Waals surface area contributed by atoms with Gasteiger partial charge >= 0.3 is 0 Å². The minimum atomic E-state index is -0.672. The Morgan fingerprint density at radius 2 is 1.88 bits per heavy atom. The van der Waals surface area contributed by atoms with Gasteiger partial charge in [0.05, 0.1) is 5.60 Å². The Hall–Kier alpha value is -0.770. The van der Waals surface area contributed by atoms with Gasteiger partial charge in [0.15, 0.2) is 0 Å². The van der Waals surface area contributed by atoms with Crippen LogP contribution in [-0.2, 0) is 0 Å². The molecule has 4 heteroatoms. The predicted octanol–water partition coefficient (Wildman–Crippen LogP) is 2.42. The summed E-state index contributed by atoms with van der Waals surface area (Å²) in [6.45, 7) is 5.57. The van der Waals surface area contributed by atoms with Crippen molar-refractivity contribution < 1.29 is 9.84 Å². The van der Waals surface area contributed by atoms with Gasteiger partial charge in [-0.25, -0.2) is 0 Å². The van der Waals surface area contributed by atoms with Crippen molar-refractivity contribution in [1.82, 2.24) is 4.90 Å². The average molecular weight is 258 g/mol. The molecular weight excluding hydrogens is 238 g/mol. The molecule has 0 aliphatic carbocycles. The third-order valence-corrected chi connectivity index (χ3v) is 2.46. The van der Waals surface area contributed by atoms with Crippen molar-refractivity contribution in [2.24, 2.45) is 0 Å². The first-order valence-electron chi connectivity index (χ1n) is 5.66. The van der Waals surface area contributed by atoms with Gasteiger partial charge in [-0.2, -0.15) is 0 Å². The maximum absolute atomic E-state index is 9.64. The van der Waals surface area contributed by atoms with Gasteiger partial charge in [0, 0.05) is 18.1 Å². The second-order valence-corrected chi connectivity index (χ2v) is 5.29. The maximum atomic E-state index is 9.64. The van der Waals surface area contributed by atoms with E-state index in [4.69, 9.17) is 16.3 Å². The highest BCUT2D eigenvalue weighted by Gasteiger charge is 2.15. The minimum Gasteiger partial charge on any atom is -0.492 e. The molecule has 1 aromatic carbocycles. The summed E-state index contributed by atoms with van der Waals surface area (Å²) in [5.74, 6) is 0.811. The number of ether oxygens (including phenoxy) is 1. The fourth-order valence-electron chi connectivity index (χ4n) is 1.59. The molecule has 0 fully saturated rings. The van der Waals surface area contributed by atoms with E-state index in [0.29, 0.717) is 18.2 Å². The number of halogens is 1. The molecule has 0 spiro atoms. The lowest BCUT2D eigenvalue weighted by atomic mass is 10.1. The summed E-state index contributed by atoms with van der Waals surface area (Å²) in [4.78, 5) is 2.04. The van der Waals surface area contributed by atoms with Crippen molar-refractivity contribution in [2.45, 2.75) is 19.4 Å². The second kappa shape index (κ2) is 6.24. The molecule has 1 rings (SSSR count). The van der Waals surface area contributed by atoms with E-state index < -0.39 is 5.60 Å². The minimum absolute atomic E-state index is 0.591. The van der Waals surface area contributed by atoms with Crippen molar-refractivity contribution in [2.75, 3.05) is 26.7 Å². The monoisotopic (exact) mass is 257 g/mol. The average Bonchev–Trinajstić information content (AvgIpc) is 2.18. The molecule has 0 aliphatic heterocycles. The Labute approximate surface area is 108 Å². The zero-order valence-corrected chi connectivity index (χ0v) is 11.4. The summed E-state index contributed by atoms with van der Waals surface area (Å²) in [6, 6.07) is 7.30. The third kappa shape index (κ3) is 6.51. The van der Waals surface area contributed by atoms with Crippen LogP contribution < -0.4 is 4.74 Å². The number of benzene rings is 1. The van der Waals surface area contributed by atoms with Crippen molar-refractivity contribution >= 4 is 11.6 Å². The number of nitrogens with zero attached hydrogens (tertiary/aromatic N) is 1. The van der Waals surface area contributed by atoms with Crippen LogP contribution in [-0.4, -0.2) is 42.4 Å². The molecule has 0 aromatic heterocycles. The van der Waals surface area contributed by atoms with Crippen LogP contribution >= 0.6 is 11.6 Å². The maximum Gasteiger partial charge on any atom is 0.119 e. The Kier molecular flexibility index (Phi) is 5.25. The smallest absolute Gasteiger partial charge is 0.119 e. The second-order valence-electron chi connectivity index (χ2n) is 4.85. The van der Waals surface area contributed by atoms with Gasteiger partial charge in [-0.1, -0.05) is 11.6 Å². The molecule has 0 atom stereocenters. The molecular formula is C13H20ClNO2. The van der Waals surface area contributed by atoms with Crippen molar-refractivity contribution in [3.05, 3.63) is 29.3 Å². The van der Waals surface area contributed by atoms with Gasteiger partial charge in [-0.05, 0) is 45.2 Å². The molecule has 1 aromatic rings. The van der Waals surface area contributed by atoms with Crippen molar-refractivity contribution in [1.29, 1.82) is 0 Å². The molecule has 3 nitrogen and oxygen atoms in total. The Morgan fingerprint density at radius 1 is 1.29 bits per heavy atom. The zero-order chi connectivity index (χ0) is 12.9. The lowest BCUT2D eigenvalue weighted by Crippen LogP contribution is -2.38. The molecule has 17 heavy (non-hydrogen) atoms. The summed E-state index contributed by atoms with van der Waals surface area (Å²) >= 11 is 5.78. The Bertz CT molecular complexity index is 332. The highest BCUT2D eigenvalue weighted by molar-refractivity contribution is 6.30. The van der Waals surface area contributed by atoms with Gasteiger partial charge < -0.3 is 14.7 Å². The third-order valence-electron chi connectivity index (χ3n) is 2.21. The van der Waals surface area contributed by atoms with Crippen molar-refractivity contribution in [3.63, 3.8) is 0 Å². The van der Waals surface area contributed by atoms with Crippen LogP contribution in [0.4, 0.5) is 0 Å². The van der Waals surface area contributed by atoms with E-state index in [1.165, 1.54) is 0 Å². The van der Waals surface area contributed by atoms with E-state index >= 15 is 0 Å². The standard InChI is InChI=1S/C13H20ClNO2/c1-13(2,16)10-15(3)8-9-17-12-6-4-11(14)5-7-12/h4-7,16H,8-10H2,1-3H3. The number of likely N-dealkylation sites (N-methyl/N-ethyl adjacent to an activating group) is 1. The molecule has 1 N–H and O–H groups in total. The lowest BCUT2D eigenvalue weighted by molar-refractivity contribution is 0.0411. The van der Waals surface area contributed by atoms with E-state index in [0.717, 1.165) is 12.3 Å². The summed E-state index contributed by atoms with van der Waals surface area (Å²) in [6.07, 6.45) is 0. The highest BCUT2D eigenvalue weighted by atomic mass is 35.5. The topological polar surface area (TPSA) is 32.7 Å². The molecule has 0 bridgehead atoms. The molecule has 96 valence electrons. The lowest BCUT2D eigenvalue weighted by Gasteiger charge is -2.25. The van der Waals surface area contributed by atoms with Crippen LogP contribution in [0.25, 0.3) is 0 Å². The number of hydrogen-bond acceptors (Lipinski definition) is 3. The SMILES string of the molecule is CN(CCOc1ccc(Cl)cc1)CC(C)(C)O. The van der Waals surface area contributed by atoms with Gasteiger partial charge in [0.1, 0.15) is 12.4 Å². The first-order valence-corrected chi connectivity index (χ1v) is 6.04.